The second kappa shape index (κ2) is 9.38. The lowest BCUT2D eigenvalue weighted by atomic mass is 10.1. The van der Waals surface area contributed by atoms with Crippen molar-refractivity contribution in [3.05, 3.63) is 64.6 Å². The van der Waals surface area contributed by atoms with Gasteiger partial charge in [0.25, 0.3) is 0 Å². The van der Waals surface area contributed by atoms with Crippen LogP contribution in [0.5, 0.6) is 0 Å². The molecule has 2 aromatic carbocycles. The Bertz CT molecular complexity index is 587. The Labute approximate surface area is 140 Å². The molecular weight excluding hydrogens is 340 g/mol. The highest BCUT2D eigenvalue weighted by atomic mass is 79.9. The maximum absolute atomic E-state index is 11.8. The summed E-state index contributed by atoms with van der Waals surface area (Å²) in [5.74, 6) is 0.0301. The number of anilines is 1. The Kier molecular flexibility index (Phi) is 7.13. The maximum Gasteiger partial charge on any atom is 0.225 e. The van der Waals surface area contributed by atoms with Gasteiger partial charge in [0.2, 0.25) is 5.91 Å². The van der Waals surface area contributed by atoms with Crippen LogP contribution in [0.2, 0.25) is 0 Å². The molecular formula is C18H21BrN2O. The van der Waals surface area contributed by atoms with Crippen LogP contribution in [0.25, 0.3) is 0 Å². The fourth-order valence-electron chi connectivity index (χ4n) is 2.16. The average molecular weight is 361 g/mol. The Morgan fingerprint density at radius 2 is 1.68 bits per heavy atom. The molecule has 0 unspecified atom stereocenters. The molecule has 0 aliphatic carbocycles. The summed E-state index contributed by atoms with van der Waals surface area (Å²) >= 11 is 3.42. The highest BCUT2D eigenvalue weighted by Crippen LogP contribution is 2.21. The van der Waals surface area contributed by atoms with E-state index in [1.165, 1.54) is 5.56 Å². The van der Waals surface area contributed by atoms with Gasteiger partial charge in [-0.05, 0) is 53.0 Å². The lowest BCUT2D eigenvalue weighted by Gasteiger charge is -2.08. The van der Waals surface area contributed by atoms with Gasteiger partial charge in [-0.2, -0.15) is 0 Å². The Hall–Kier alpha value is -1.65. The molecule has 22 heavy (non-hydrogen) atoms. The molecule has 0 fully saturated rings. The SMILES string of the molecule is O=C(CCNCCCc1ccccc1)Nc1ccccc1Br. The van der Waals surface area contributed by atoms with Crippen LogP contribution in [0.15, 0.2) is 59.1 Å². The van der Waals surface area contributed by atoms with Gasteiger partial charge in [-0.15, -0.1) is 0 Å². The normalized spacial score (nSPS) is 10.4. The molecule has 3 nitrogen and oxygen atoms in total. The molecule has 4 heteroatoms. The van der Waals surface area contributed by atoms with Crippen molar-refractivity contribution in [2.24, 2.45) is 0 Å². The molecule has 2 N–H and O–H groups in total. The topological polar surface area (TPSA) is 41.1 Å². The zero-order valence-corrected chi connectivity index (χ0v) is 14.1. The lowest BCUT2D eigenvalue weighted by molar-refractivity contribution is -0.116. The van der Waals surface area contributed by atoms with E-state index in [0.717, 1.165) is 29.5 Å². The van der Waals surface area contributed by atoms with Crippen molar-refractivity contribution in [3.8, 4) is 0 Å². The van der Waals surface area contributed by atoms with E-state index < -0.39 is 0 Å². The average Bonchev–Trinajstić information content (AvgIpc) is 2.54. The fourth-order valence-corrected chi connectivity index (χ4v) is 2.55. The van der Waals surface area contributed by atoms with E-state index in [0.29, 0.717) is 13.0 Å². The summed E-state index contributed by atoms with van der Waals surface area (Å²) in [5, 5.41) is 6.22. The van der Waals surface area contributed by atoms with Crippen LogP contribution in [0.4, 0.5) is 5.69 Å². The van der Waals surface area contributed by atoms with E-state index in [2.05, 4.69) is 50.8 Å². The molecule has 0 atom stereocenters. The third kappa shape index (κ3) is 6.00. The molecule has 0 saturated heterocycles. The number of nitrogens with one attached hydrogen (secondary N) is 2. The summed E-state index contributed by atoms with van der Waals surface area (Å²) in [6.45, 7) is 1.63. The van der Waals surface area contributed by atoms with Gasteiger partial charge in [0.05, 0.1) is 5.69 Å². The zero-order valence-electron chi connectivity index (χ0n) is 12.5. The molecule has 0 spiro atoms. The second-order valence-corrected chi connectivity index (χ2v) is 5.97. The van der Waals surface area contributed by atoms with Crippen LogP contribution in [0.3, 0.4) is 0 Å². The number of benzene rings is 2. The molecule has 0 saturated carbocycles. The summed E-state index contributed by atoms with van der Waals surface area (Å²) in [6, 6.07) is 18.1. The van der Waals surface area contributed by atoms with Crippen molar-refractivity contribution in [1.29, 1.82) is 0 Å². The van der Waals surface area contributed by atoms with Gasteiger partial charge in [-0.3, -0.25) is 4.79 Å². The quantitative estimate of drug-likeness (QED) is 0.698. The van der Waals surface area contributed by atoms with Crippen molar-refractivity contribution < 1.29 is 4.79 Å². The van der Waals surface area contributed by atoms with Crippen molar-refractivity contribution in [2.45, 2.75) is 19.3 Å². The van der Waals surface area contributed by atoms with Gasteiger partial charge >= 0.3 is 0 Å². The molecule has 2 rings (SSSR count). The first kappa shape index (κ1) is 16.7. The number of amides is 1. The van der Waals surface area contributed by atoms with Gasteiger partial charge in [0.1, 0.15) is 0 Å². The molecule has 0 radical (unpaired) electrons. The van der Waals surface area contributed by atoms with Crippen molar-refractivity contribution >= 4 is 27.5 Å². The number of carbonyl (C=O) groups excluding carboxylic acids is 1. The van der Waals surface area contributed by atoms with E-state index in [-0.39, 0.29) is 5.91 Å². The number of hydrogen-bond donors (Lipinski definition) is 2. The minimum absolute atomic E-state index is 0.0301. The number of hydrogen-bond acceptors (Lipinski definition) is 2. The zero-order chi connectivity index (χ0) is 15.6. The van der Waals surface area contributed by atoms with Crippen LogP contribution in [0.1, 0.15) is 18.4 Å². The first-order valence-electron chi connectivity index (χ1n) is 7.55. The smallest absolute Gasteiger partial charge is 0.225 e. The first-order valence-corrected chi connectivity index (χ1v) is 8.34. The summed E-state index contributed by atoms with van der Waals surface area (Å²) in [5.41, 5.74) is 2.17. The van der Waals surface area contributed by atoms with E-state index >= 15 is 0 Å². The molecule has 0 aromatic heterocycles. The monoisotopic (exact) mass is 360 g/mol. The minimum atomic E-state index is 0.0301. The largest absolute Gasteiger partial charge is 0.325 e. The third-order valence-electron chi connectivity index (χ3n) is 3.34. The molecule has 116 valence electrons. The number of carbonyl (C=O) groups is 1. The summed E-state index contributed by atoms with van der Waals surface area (Å²) in [6.07, 6.45) is 2.62. The maximum atomic E-state index is 11.8. The van der Waals surface area contributed by atoms with Gasteiger partial charge < -0.3 is 10.6 Å². The van der Waals surface area contributed by atoms with Crippen LogP contribution in [-0.4, -0.2) is 19.0 Å². The van der Waals surface area contributed by atoms with Crippen LogP contribution in [-0.2, 0) is 11.2 Å². The first-order chi connectivity index (χ1) is 10.8. The fraction of sp³-hybridized carbons (Fsp3) is 0.278. The van der Waals surface area contributed by atoms with E-state index in [4.69, 9.17) is 0 Å². The molecule has 0 heterocycles. The highest BCUT2D eigenvalue weighted by molar-refractivity contribution is 9.10. The third-order valence-corrected chi connectivity index (χ3v) is 4.03. The van der Waals surface area contributed by atoms with E-state index in [1.54, 1.807) is 0 Å². The predicted molar refractivity (Wildman–Crippen MR) is 95.0 cm³/mol. The Balaban J connectivity index is 1.57. The van der Waals surface area contributed by atoms with E-state index in [9.17, 15) is 4.79 Å². The number of para-hydroxylation sites is 1. The molecule has 0 aliphatic rings. The molecule has 2 aromatic rings. The Morgan fingerprint density at radius 1 is 0.955 bits per heavy atom. The van der Waals surface area contributed by atoms with Gasteiger partial charge in [0.15, 0.2) is 0 Å². The van der Waals surface area contributed by atoms with Crippen LogP contribution in [0, 0.1) is 0 Å². The van der Waals surface area contributed by atoms with Gasteiger partial charge in [-0.25, -0.2) is 0 Å². The standard InChI is InChI=1S/C18H21BrN2O/c19-16-10-4-5-11-17(16)21-18(22)12-14-20-13-6-9-15-7-2-1-3-8-15/h1-5,7-8,10-11,20H,6,9,12-14H2,(H,21,22). The number of aryl methyl sites for hydroxylation is 1. The molecule has 1 amide bonds. The molecule has 0 bridgehead atoms. The van der Waals surface area contributed by atoms with Gasteiger partial charge in [0, 0.05) is 17.4 Å². The Morgan fingerprint density at radius 3 is 2.45 bits per heavy atom. The van der Waals surface area contributed by atoms with Crippen LogP contribution < -0.4 is 10.6 Å². The highest BCUT2D eigenvalue weighted by Gasteiger charge is 2.04. The van der Waals surface area contributed by atoms with Crippen molar-refractivity contribution in [3.63, 3.8) is 0 Å². The summed E-state index contributed by atoms with van der Waals surface area (Å²) in [7, 11) is 0. The predicted octanol–water partition coefficient (Wildman–Crippen LogP) is 4.00. The summed E-state index contributed by atoms with van der Waals surface area (Å²) in [4.78, 5) is 11.8. The number of rotatable bonds is 8. The van der Waals surface area contributed by atoms with Gasteiger partial charge in [-0.1, -0.05) is 42.5 Å². The van der Waals surface area contributed by atoms with Crippen molar-refractivity contribution in [1.82, 2.24) is 5.32 Å². The minimum Gasteiger partial charge on any atom is -0.325 e. The second-order valence-electron chi connectivity index (χ2n) is 5.12. The van der Waals surface area contributed by atoms with E-state index in [1.807, 2.05) is 30.3 Å². The van der Waals surface area contributed by atoms with Crippen molar-refractivity contribution in [2.75, 3.05) is 18.4 Å². The van der Waals surface area contributed by atoms with Crippen LogP contribution >= 0.6 is 15.9 Å². The lowest BCUT2D eigenvalue weighted by Crippen LogP contribution is -2.23. The molecule has 0 aliphatic heterocycles. The summed E-state index contributed by atoms with van der Waals surface area (Å²) < 4.78 is 0.902. The number of halogens is 1.